The van der Waals surface area contributed by atoms with Gasteiger partial charge in [0.15, 0.2) is 0 Å². The van der Waals surface area contributed by atoms with E-state index in [2.05, 4.69) is 22.2 Å². The van der Waals surface area contributed by atoms with Crippen LogP contribution >= 0.6 is 0 Å². The number of rotatable bonds is 4. The standard InChI is InChI=1S/C13H21N3/c1-11-5-2-3-6-12(11)9-14-10-13-15-7-4-8-16-13/h4,7-8,11-12,14H,2-3,5-6,9-10H2,1H3. The van der Waals surface area contributed by atoms with Gasteiger partial charge in [-0.25, -0.2) is 9.97 Å². The number of aromatic nitrogens is 2. The number of nitrogens with zero attached hydrogens (tertiary/aromatic N) is 2. The van der Waals surface area contributed by atoms with Crippen LogP contribution in [0.15, 0.2) is 18.5 Å². The second-order valence-electron chi connectivity index (χ2n) is 4.82. The van der Waals surface area contributed by atoms with Crippen molar-refractivity contribution in [2.24, 2.45) is 11.8 Å². The monoisotopic (exact) mass is 219 g/mol. The van der Waals surface area contributed by atoms with Crippen LogP contribution in [-0.2, 0) is 6.54 Å². The van der Waals surface area contributed by atoms with Gasteiger partial charge in [0.25, 0.3) is 0 Å². The Kier molecular flexibility index (Phi) is 4.28. The second kappa shape index (κ2) is 5.94. The van der Waals surface area contributed by atoms with Gasteiger partial charge in [-0.3, -0.25) is 0 Å². The third-order valence-electron chi connectivity index (χ3n) is 3.60. The highest BCUT2D eigenvalue weighted by Crippen LogP contribution is 2.28. The van der Waals surface area contributed by atoms with Crippen LogP contribution in [0.1, 0.15) is 38.4 Å². The fourth-order valence-corrected chi connectivity index (χ4v) is 2.49. The van der Waals surface area contributed by atoms with Gasteiger partial charge < -0.3 is 5.32 Å². The van der Waals surface area contributed by atoms with Gasteiger partial charge in [0.05, 0.1) is 6.54 Å². The SMILES string of the molecule is CC1CCCCC1CNCc1ncccn1. The Morgan fingerprint density at radius 3 is 2.75 bits per heavy atom. The molecule has 1 aromatic heterocycles. The van der Waals surface area contributed by atoms with Crippen molar-refractivity contribution in [1.82, 2.24) is 15.3 Å². The molecule has 1 N–H and O–H groups in total. The quantitative estimate of drug-likeness (QED) is 0.845. The Hall–Kier alpha value is -0.960. The van der Waals surface area contributed by atoms with Crippen molar-refractivity contribution in [2.45, 2.75) is 39.2 Å². The van der Waals surface area contributed by atoms with E-state index in [0.717, 1.165) is 30.7 Å². The third-order valence-corrected chi connectivity index (χ3v) is 3.60. The van der Waals surface area contributed by atoms with Gasteiger partial charge in [0.2, 0.25) is 0 Å². The molecule has 2 rings (SSSR count). The van der Waals surface area contributed by atoms with Crippen LogP contribution in [0.2, 0.25) is 0 Å². The van der Waals surface area contributed by atoms with Crippen molar-refractivity contribution in [3.8, 4) is 0 Å². The van der Waals surface area contributed by atoms with Crippen LogP contribution in [0.3, 0.4) is 0 Å². The average molecular weight is 219 g/mol. The number of hydrogen-bond acceptors (Lipinski definition) is 3. The first-order chi connectivity index (χ1) is 7.86. The van der Waals surface area contributed by atoms with E-state index in [4.69, 9.17) is 0 Å². The lowest BCUT2D eigenvalue weighted by molar-refractivity contribution is 0.247. The van der Waals surface area contributed by atoms with Crippen molar-refractivity contribution in [3.63, 3.8) is 0 Å². The molecule has 2 unspecified atom stereocenters. The van der Waals surface area contributed by atoms with E-state index < -0.39 is 0 Å². The van der Waals surface area contributed by atoms with Crippen LogP contribution in [0.4, 0.5) is 0 Å². The molecular weight excluding hydrogens is 198 g/mol. The average Bonchev–Trinajstić information content (AvgIpc) is 2.33. The van der Waals surface area contributed by atoms with Gasteiger partial charge in [0.1, 0.15) is 5.82 Å². The summed E-state index contributed by atoms with van der Waals surface area (Å²) in [5, 5.41) is 3.48. The molecule has 3 nitrogen and oxygen atoms in total. The Labute approximate surface area is 97.7 Å². The zero-order valence-electron chi connectivity index (χ0n) is 10.0. The molecule has 1 aromatic rings. The van der Waals surface area contributed by atoms with Gasteiger partial charge in [0, 0.05) is 12.4 Å². The van der Waals surface area contributed by atoms with Crippen LogP contribution in [0.5, 0.6) is 0 Å². The second-order valence-corrected chi connectivity index (χ2v) is 4.82. The number of nitrogens with one attached hydrogen (secondary N) is 1. The highest BCUT2D eigenvalue weighted by atomic mass is 15.0. The first-order valence-corrected chi connectivity index (χ1v) is 6.33. The minimum Gasteiger partial charge on any atom is -0.310 e. The summed E-state index contributed by atoms with van der Waals surface area (Å²) >= 11 is 0. The van der Waals surface area contributed by atoms with Gasteiger partial charge in [-0.1, -0.05) is 26.2 Å². The maximum Gasteiger partial charge on any atom is 0.141 e. The number of hydrogen-bond donors (Lipinski definition) is 1. The summed E-state index contributed by atoms with van der Waals surface area (Å²) < 4.78 is 0. The van der Waals surface area contributed by atoms with Crippen LogP contribution in [0.25, 0.3) is 0 Å². The summed E-state index contributed by atoms with van der Waals surface area (Å²) in [7, 11) is 0. The lowest BCUT2D eigenvalue weighted by atomic mass is 9.80. The molecule has 1 heterocycles. The lowest BCUT2D eigenvalue weighted by Gasteiger charge is -2.28. The molecule has 0 saturated heterocycles. The van der Waals surface area contributed by atoms with E-state index in [-0.39, 0.29) is 0 Å². The van der Waals surface area contributed by atoms with Gasteiger partial charge in [-0.05, 0) is 30.9 Å². The largest absolute Gasteiger partial charge is 0.310 e. The predicted molar refractivity (Wildman–Crippen MR) is 64.9 cm³/mol. The molecule has 0 aliphatic heterocycles. The van der Waals surface area contributed by atoms with E-state index in [1.807, 2.05) is 6.07 Å². The Bertz CT molecular complexity index is 299. The smallest absolute Gasteiger partial charge is 0.141 e. The first-order valence-electron chi connectivity index (χ1n) is 6.33. The summed E-state index contributed by atoms with van der Waals surface area (Å²) in [5.74, 6) is 2.61. The molecule has 88 valence electrons. The summed E-state index contributed by atoms with van der Waals surface area (Å²) in [6.07, 6.45) is 9.19. The normalized spacial score (nSPS) is 25.6. The van der Waals surface area contributed by atoms with Gasteiger partial charge in [-0.2, -0.15) is 0 Å². The molecule has 1 aliphatic carbocycles. The van der Waals surface area contributed by atoms with Crippen molar-refractivity contribution >= 4 is 0 Å². The van der Waals surface area contributed by atoms with Crippen molar-refractivity contribution in [2.75, 3.05) is 6.54 Å². The molecule has 0 spiro atoms. The summed E-state index contributed by atoms with van der Waals surface area (Å²) in [6.45, 7) is 4.29. The maximum atomic E-state index is 4.21. The molecule has 16 heavy (non-hydrogen) atoms. The Balaban J connectivity index is 1.71. The fourth-order valence-electron chi connectivity index (χ4n) is 2.49. The molecular formula is C13H21N3. The van der Waals surface area contributed by atoms with Crippen molar-refractivity contribution < 1.29 is 0 Å². The van der Waals surface area contributed by atoms with E-state index in [1.165, 1.54) is 25.7 Å². The highest BCUT2D eigenvalue weighted by Gasteiger charge is 2.20. The topological polar surface area (TPSA) is 37.8 Å². The molecule has 1 aliphatic rings. The molecule has 3 heteroatoms. The van der Waals surface area contributed by atoms with Crippen molar-refractivity contribution in [1.29, 1.82) is 0 Å². The van der Waals surface area contributed by atoms with Crippen LogP contribution in [0, 0.1) is 11.8 Å². The summed E-state index contributed by atoms with van der Waals surface area (Å²) in [6, 6.07) is 1.85. The Morgan fingerprint density at radius 2 is 2.00 bits per heavy atom. The zero-order valence-corrected chi connectivity index (χ0v) is 10.0. The van der Waals surface area contributed by atoms with Crippen LogP contribution < -0.4 is 5.32 Å². The molecule has 0 aromatic carbocycles. The molecule has 1 saturated carbocycles. The van der Waals surface area contributed by atoms with E-state index in [1.54, 1.807) is 12.4 Å². The van der Waals surface area contributed by atoms with E-state index in [0.29, 0.717) is 0 Å². The lowest BCUT2D eigenvalue weighted by Crippen LogP contribution is -2.29. The van der Waals surface area contributed by atoms with Gasteiger partial charge in [-0.15, -0.1) is 0 Å². The molecule has 0 bridgehead atoms. The first kappa shape index (κ1) is 11.5. The predicted octanol–water partition coefficient (Wildman–Crippen LogP) is 2.39. The maximum absolute atomic E-state index is 4.21. The van der Waals surface area contributed by atoms with E-state index >= 15 is 0 Å². The summed E-state index contributed by atoms with van der Waals surface area (Å²) in [5.41, 5.74) is 0. The van der Waals surface area contributed by atoms with Gasteiger partial charge >= 0.3 is 0 Å². The van der Waals surface area contributed by atoms with Crippen molar-refractivity contribution in [3.05, 3.63) is 24.3 Å². The third kappa shape index (κ3) is 3.27. The molecule has 2 atom stereocenters. The fraction of sp³-hybridized carbons (Fsp3) is 0.692. The minimum absolute atomic E-state index is 0.796. The summed E-state index contributed by atoms with van der Waals surface area (Å²) in [4.78, 5) is 8.41. The van der Waals surface area contributed by atoms with Crippen LogP contribution in [-0.4, -0.2) is 16.5 Å². The minimum atomic E-state index is 0.796. The zero-order chi connectivity index (χ0) is 11.2. The Morgan fingerprint density at radius 1 is 1.25 bits per heavy atom. The van der Waals surface area contributed by atoms with E-state index in [9.17, 15) is 0 Å². The molecule has 0 radical (unpaired) electrons. The molecule has 1 fully saturated rings. The highest BCUT2D eigenvalue weighted by molar-refractivity contribution is 4.88. The molecule has 0 amide bonds.